The molecule has 1 heterocycles. The number of nitrogens with one attached hydrogen (secondary N) is 1. The molecule has 1 amide bonds. The number of aryl methyl sites for hydroxylation is 1. The van der Waals surface area contributed by atoms with Crippen molar-refractivity contribution in [1.29, 1.82) is 0 Å². The fraction of sp³-hybridized carbons (Fsp3) is 0.692. The molecule has 1 aliphatic rings. The van der Waals surface area contributed by atoms with Gasteiger partial charge in [-0.15, -0.1) is 0 Å². The summed E-state index contributed by atoms with van der Waals surface area (Å²) in [5.74, 6) is 0.303. The van der Waals surface area contributed by atoms with Crippen LogP contribution < -0.4 is 11.1 Å². The largest absolute Gasteiger partial charge is 0.386 e. The topological polar surface area (TPSA) is 93.2 Å². The summed E-state index contributed by atoms with van der Waals surface area (Å²) in [7, 11) is 1.79. The van der Waals surface area contributed by atoms with Gasteiger partial charge < -0.3 is 16.2 Å². The molecule has 1 saturated carbocycles. The van der Waals surface area contributed by atoms with Crippen molar-refractivity contribution in [3.63, 3.8) is 0 Å². The Bertz CT molecular complexity index is 432. The first-order valence-corrected chi connectivity index (χ1v) is 6.76. The van der Waals surface area contributed by atoms with Crippen LogP contribution in [0.4, 0.5) is 0 Å². The van der Waals surface area contributed by atoms with Gasteiger partial charge in [-0.3, -0.25) is 9.48 Å². The van der Waals surface area contributed by atoms with E-state index in [1.54, 1.807) is 24.1 Å². The Balaban J connectivity index is 1.83. The number of amides is 1. The predicted molar refractivity (Wildman–Crippen MR) is 71.1 cm³/mol. The molecule has 19 heavy (non-hydrogen) atoms. The van der Waals surface area contributed by atoms with Gasteiger partial charge in [0.25, 0.3) is 0 Å². The molecule has 0 saturated heterocycles. The van der Waals surface area contributed by atoms with Crippen LogP contribution in [0.2, 0.25) is 0 Å². The summed E-state index contributed by atoms with van der Waals surface area (Å²) < 4.78 is 1.63. The Hall–Kier alpha value is -1.40. The lowest BCUT2D eigenvalue weighted by molar-refractivity contribution is -0.126. The maximum Gasteiger partial charge on any atom is 0.223 e. The number of nitrogens with two attached hydrogens (primary N) is 1. The Morgan fingerprint density at radius 3 is 3.11 bits per heavy atom. The normalized spacial score (nSPS) is 24.4. The van der Waals surface area contributed by atoms with Gasteiger partial charge in [-0.2, -0.15) is 5.10 Å². The van der Waals surface area contributed by atoms with Gasteiger partial charge in [0.2, 0.25) is 5.91 Å². The molecule has 3 atom stereocenters. The quantitative estimate of drug-likeness (QED) is 0.696. The van der Waals surface area contributed by atoms with Crippen LogP contribution in [0, 0.1) is 11.8 Å². The monoisotopic (exact) mass is 266 g/mol. The standard InChI is InChI=1S/C13H22N4O2/c1-17-8-10(6-16-17)12(18)7-15-13(19)11-4-2-3-9(11)5-14/h6,8-9,11-12,18H,2-5,7,14H2,1H3,(H,15,19)/t9-,11-,12?/m1/s1. The average molecular weight is 266 g/mol. The summed E-state index contributed by atoms with van der Waals surface area (Å²) in [6, 6.07) is 0. The van der Waals surface area contributed by atoms with Gasteiger partial charge >= 0.3 is 0 Å². The van der Waals surface area contributed by atoms with Crippen molar-refractivity contribution >= 4 is 5.91 Å². The molecule has 6 heteroatoms. The third-order valence-electron chi connectivity index (χ3n) is 3.88. The summed E-state index contributed by atoms with van der Waals surface area (Å²) in [5, 5.41) is 16.8. The number of carbonyl (C=O) groups is 1. The van der Waals surface area contributed by atoms with Crippen LogP contribution in [0.25, 0.3) is 0 Å². The van der Waals surface area contributed by atoms with Crippen LogP contribution in [0.1, 0.15) is 30.9 Å². The molecular formula is C13H22N4O2. The lowest BCUT2D eigenvalue weighted by atomic mass is 9.95. The second-order valence-electron chi connectivity index (χ2n) is 5.24. The molecule has 1 aliphatic carbocycles. The molecule has 0 radical (unpaired) electrons. The first-order chi connectivity index (χ1) is 9.11. The average Bonchev–Trinajstić information content (AvgIpc) is 3.03. The molecule has 2 rings (SSSR count). The summed E-state index contributed by atoms with van der Waals surface area (Å²) in [6.45, 7) is 0.779. The number of hydrogen-bond acceptors (Lipinski definition) is 4. The van der Waals surface area contributed by atoms with Crippen molar-refractivity contribution in [2.24, 2.45) is 24.6 Å². The molecule has 0 aliphatic heterocycles. The smallest absolute Gasteiger partial charge is 0.223 e. The third-order valence-corrected chi connectivity index (χ3v) is 3.88. The van der Waals surface area contributed by atoms with Crippen LogP contribution in [0.3, 0.4) is 0 Å². The summed E-state index contributed by atoms with van der Waals surface area (Å²) in [5.41, 5.74) is 6.38. The number of aliphatic hydroxyl groups excluding tert-OH is 1. The van der Waals surface area contributed by atoms with Crippen LogP contribution in [0.5, 0.6) is 0 Å². The molecule has 0 aromatic carbocycles. The second-order valence-corrected chi connectivity index (χ2v) is 5.24. The Morgan fingerprint density at radius 2 is 2.47 bits per heavy atom. The molecular weight excluding hydrogens is 244 g/mol. The van der Waals surface area contributed by atoms with Crippen molar-refractivity contribution in [2.75, 3.05) is 13.1 Å². The minimum Gasteiger partial charge on any atom is -0.386 e. The highest BCUT2D eigenvalue weighted by Gasteiger charge is 2.31. The van der Waals surface area contributed by atoms with Crippen LogP contribution in [-0.4, -0.2) is 33.9 Å². The van der Waals surface area contributed by atoms with Crippen molar-refractivity contribution in [2.45, 2.75) is 25.4 Å². The molecule has 6 nitrogen and oxygen atoms in total. The van der Waals surface area contributed by atoms with Gasteiger partial charge in [-0.1, -0.05) is 6.42 Å². The zero-order valence-electron chi connectivity index (χ0n) is 11.2. The highest BCUT2D eigenvalue weighted by molar-refractivity contribution is 5.79. The van der Waals surface area contributed by atoms with Gasteiger partial charge in [0.05, 0.1) is 12.3 Å². The summed E-state index contributed by atoms with van der Waals surface area (Å²) >= 11 is 0. The zero-order valence-corrected chi connectivity index (χ0v) is 11.2. The molecule has 1 unspecified atom stereocenters. The lowest BCUT2D eigenvalue weighted by Crippen LogP contribution is -2.37. The molecule has 1 aromatic rings. The Morgan fingerprint density at radius 1 is 1.68 bits per heavy atom. The van der Waals surface area contributed by atoms with E-state index in [4.69, 9.17) is 5.73 Å². The Labute approximate surface area is 113 Å². The highest BCUT2D eigenvalue weighted by atomic mass is 16.3. The fourth-order valence-corrected chi connectivity index (χ4v) is 2.72. The van der Waals surface area contributed by atoms with E-state index in [9.17, 15) is 9.90 Å². The van der Waals surface area contributed by atoms with E-state index in [1.807, 2.05) is 0 Å². The third kappa shape index (κ3) is 3.33. The molecule has 0 bridgehead atoms. The van der Waals surface area contributed by atoms with E-state index in [1.165, 1.54) is 0 Å². The van der Waals surface area contributed by atoms with Crippen molar-refractivity contribution < 1.29 is 9.90 Å². The summed E-state index contributed by atoms with van der Waals surface area (Å²) in [4.78, 5) is 12.1. The molecule has 0 spiro atoms. The fourth-order valence-electron chi connectivity index (χ4n) is 2.72. The predicted octanol–water partition coefficient (Wildman–Crippen LogP) is -0.0553. The van der Waals surface area contributed by atoms with E-state index >= 15 is 0 Å². The van der Waals surface area contributed by atoms with Gasteiger partial charge in [-0.25, -0.2) is 0 Å². The van der Waals surface area contributed by atoms with E-state index in [-0.39, 0.29) is 24.3 Å². The lowest BCUT2D eigenvalue weighted by Gasteiger charge is -2.18. The first kappa shape index (κ1) is 14.0. The van der Waals surface area contributed by atoms with E-state index in [0.29, 0.717) is 12.1 Å². The number of aliphatic hydroxyl groups is 1. The van der Waals surface area contributed by atoms with Crippen LogP contribution in [0.15, 0.2) is 12.4 Å². The molecule has 106 valence electrons. The van der Waals surface area contributed by atoms with E-state index in [0.717, 1.165) is 19.3 Å². The van der Waals surface area contributed by atoms with Crippen molar-refractivity contribution in [1.82, 2.24) is 15.1 Å². The van der Waals surface area contributed by atoms with Crippen molar-refractivity contribution in [3.8, 4) is 0 Å². The van der Waals surface area contributed by atoms with Gasteiger partial charge in [0, 0.05) is 31.3 Å². The number of carbonyl (C=O) groups excluding carboxylic acids is 1. The number of rotatable bonds is 5. The minimum atomic E-state index is -0.713. The van der Waals surface area contributed by atoms with Crippen LogP contribution >= 0.6 is 0 Å². The van der Waals surface area contributed by atoms with E-state index < -0.39 is 6.10 Å². The highest BCUT2D eigenvalue weighted by Crippen LogP contribution is 2.31. The minimum absolute atomic E-state index is 0.00565. The summed E-state index contributed by atoms with van der Waals surface area (Å²) in [6.07, 6.45) is 5.63. The van der Waals surface area contributed by atoms with Gasteiger partial charge in [-0.05, 0) is 25.3 Å². The zero-order chi connectivity index (χ0) is 13.8. The maximum atomic E-state index is 12.1. The van der Waals surface area contributed by atoms with Crippen LogP contribution in [-0.2, 0) is 11.8 Å². The number of nitrogens with zero attached hydrogens (tertiary/aromatic N) is 2. The molecule has 1 fully saturated rings. The maximum absolute atomic E-state index is 12.1. The van der Waals surface area contributed by atoms with E-state index in [2.05, 4.69) is 10.4 Å². The Kier molecular flexibility index (Phi) is 4.55. The van der Waals surface area contributed by atoms with Gasteiger partial charge in [0.1, 0.15) is 0 Å². The number of hydrogen-bond donors (Lipinski definition) is 3. The number of aromatic nitrogens is 2. The SMILES string of the molecule is Cn1cc(C(O)CNC(=O)[C@@H]2CCC[C@@H]2CN)cn1. The van der Waals surface area contributed by atoms with Gasteiger partial charge in [0.15, 0.2) is 0 Å². The molecule has 4 N–H and O–H groups in total. The second kappa shape index (κ2) is 6.16. The molecule has 1 aromatic heterocycles. The first-order valence-electron chi connectivity index (χ1n) is 6.76. The van der Waals surface area contributed by atoms with Crippen molar-refractivity contribution in [3.05, 3.63) is 18.0 Å².